The lowest BCUT2D eigenvalue weighted by Gasteiger charge is -2.24. The second-order valence-corrected chi connectivity index (χ2v) is 5.34. The number of rotatable bonds is 4. The van der Waals surface area contributed by atoms with Gasteiger partial charge in [-0.3, -0.25) is 4.79 Å². The standard InChI is InChI=1S/C16H15FN2O3/c1-16(21,10-2-4-11(17)5-3-10)9-18-15(20)13-8-14-12(19-13)6-7-22-14/h2-8,19,21H,9H2,1H3,(H,18,20). The van der Waals surface area contributed by atoms with Crippen molar-refractivity contribution in [2.24, 2.45) is 0 Å². The molecule has 0 fully saturated rings. The highest BCUT2D eigenvalue weighted by atomic mass is 19.1. The number of nitrogens with one attached hydrogen (secondary N) is 2. The van der Waals surface area contributed by atoms with Gasteiger partial charge in [-0.15, -0.1) is 0 Å². The molecule has 6 heteroatoms. The zero-order valence-electron chi connectivity index (χ0n) is 11.9. The lowest BCUT2D eigenvalue weighted by Crippen LogP contribution is -2.38. The van der Waals surface area contributed by atoms with Gasteiger partial charge in [-0.05, 0) is 24.6 Å². The van der Waals surface area contributed by atoms with Crippen LogP contribution in [0, 0.1) is 5.82 Å². The molecule has 114 valence electrons. The average Bonchev–Trinajstić information content (AvgIpc) is 3.06. The molecular weight excluding hydrogens is 287 g/mol. The third-order valence-electron chi connectivity index (χ3n) is 3.54. The number of fused-ring (bicyclic) bond motifs is 1. The van der Waals surface area contributed by atoms with E-state index < -0.39 is 5.60 Å². The third-order valence-corrected chi connectivity index (χ3v) is 3.54. The Kier molecular flexibility index (Phi) is 3.46. The summed E-state index contributed by atoms with van der Waals surface area (Å²) in [5.41, 5.74) is 0.902. The molecule has 0 saturated heterocycles. The van der Waals surface area contributed by atoms with Crippen LogP contribution < -0.4 is 5.32 Å². The second kappa shape index (κ2) is 5.31. The topological polar surface area (TPSA) is 78.3 Å². The van der Waals surface area contributed by atoms with E-state index in [0.717, 1.165) is 5.52 Å². The summed E-state index contributed by atoms with van der Waals surface area (Å²) in [6.45, 7) is 1.55. The molecule has 0 bridgehead atoms. The van der Waals surface area contributed by atoms with E-state index in [1.165, 1.54) is 30.5 Å². The number of aromatic nitrogens is 1. The molecule has 1 unspecified atom stereocenters. The van der Waals surface area contributed by atoms with Gasteiger partial charge in [-0.2, -0.15) is 0 Å². The summed E-state index contributed by atoms with van der Waals surface area (Å²) in [6.07, 6.45) is 1.53. The Bertz CT molecular complexity index is 774. The van der Waals surface area contributed by atoms with Crippen LogP contribution in [0.15, 0.2) is 47.1 Å². The summed E-state index contributed by atoms with van der Waals surface area (Å²) in [6, 6.07) is 8.83. The number of furan rings is 1. The van der Waals surface area contributed by atoms with Crippen LogP contribution in [-0.2, 0) is 5.60 Å². The van der Waals surface area contributed by atoms with Gasteiger partial charge in [-0.25, -0.2) is 4.39 Å². The van der Waals surface area contributed by atoms with Gasteiger partial charge in [0.05, 0.1) is 18.3 Å². The van der Waals surface area contributed by atoms with Crippen molar-refractivity contribution < 1.29 is 18.7 Å². The maximum absolute atomic E-state index is 12.9. The van der Waals surface area contributed by atoms with Gasteiger partial charge in [0.25, 0.3) is 5.91 Å². The Morgan fingerprint density at radius 2 is 2.09 bits per heavy atom. The zero-order chi connectivity index (χ0) is 15.7. The highest BCUT2D eigenvalue weighted by molar-refractivity contribution is 5.96. The molecule has 1 amide bonds. The van der Waals surface area contributed by atoms with Gasteiger partial charge >= 0.3 is 0 Å². The van der Waals surface area contributed by atoms with E-state index in [-0.39, 0.29) is 18.3 Å². The number of H-pyrrole nitrogens is 1. The molecule has 0 aliphatic carbocycles. The van der Waals surface area contributed by atoms with Crippen LogP contribution in [0.3, 0.4) is 0 Å². The summed E-state index contributed by atoms with van der Waals surface area (Å²) in [5, 5.41) is 13.1. The second-order valence-electron chi connectivity index (χ2n) is 5.34. The maximum Gasteiger partial charge on any atom is 0.267 e. The number of aliphatic hydroxyl groups is 1. The predicted octanol–water partition coefficient (Wildman–Crippen LogP) is 2.54. The molecule has 0 aliphatic rings. The molecular formula is C16H15FN2O3. The molecule has 2 aromatic heterocycles. The lowest BCUT2D eigenvalue weighted by atomic mass is 9.96. The molecule has 0 radical (unpaired) electrons. The normalized spacial score (nSPS) is 14.0. The molecule has 0 saturated carbocycles. The summed E-state index contributed by atoms with van der Waals surface area (Å²) in [4.78, 5) is 15.0. The summed E-state index contributed by atoms with van der Waals surface area (Å²) >= 11 is 0. The van der Waals surface area contributed by atoms with Crippen molar-refractivity contribution >= 4 is 17.0 Å². The van der Waals surface area contributed by atoms with Crippen molar-refractivity contribution in [3.63, 3.8) is 0 Å². The molecule has 3 aromatic rings. The minimum atomic E-state index is -1.30. The molecule has 5 nitrogen and oxygen atoms in total. The van der Waals surface area contributed by atoms with E-state index in [9.17, 15) is 14.3 Å². The molecule has 22 heavy (non-hydrogen) atoms. The number of hydrogen-bond donors (Lipinski definition) is 3. The average molecular weight is 302 g/mol. The van der Waals surface area contributed by atoms with E-state index in [2.05, 4.69) is 10.3 Å². The zero-order valence-corrected chi connectivity index (χ0v) is 11.9. The number of hydrogen-bond acceptors (Lipinski definition) is 3. The molecule has 1 atom stereocenters. The first-order chi connectivity index (χ1) is 10.5. The van der Waals surface area contributed by atoms with Crippen LogP contribution in [0.4, 0.5) is 4.39 Å². The Morgan fingerprint density at radius 1 is 1.36 bits per heavy atom. The van der Waals surface area contributed by atoms with Crippen LogP contribution in [0.1, 0.15) is 23.0 Å². The number of carbonyl (C=O) groups excluding carboxylic acids is 1. The highest BCUT2D eigenvalue weighted by Crippen LogP contribution is 2.20. The van der Waals surface area contributed by atoms with Gasteiger partial charge in [0.1, 0.15) is 17.1 Å². The van der Waals surface area contributed by atoms with Crippen molar-refractivity contribution in [3.8, 4) is 0 Å². The first kappa shape index (κ1) is 14.3. The van der Waals surface area contributed by atoms with Crippen LogP contribution in [0.2, 0.25) is 0 Å². The number of benzene rings is 1. The fourth-order valence-corrected chi connectivity index (χ4v) is 2.23. The Labute approximate surface area is 125 Å². The number of aromatic amines is 1. The fraction of sp³-hybridized carbons (Fsp3) is 0.188. The van der Waals surface area contributed by atoms with E-state index in [4.69, 9.17) is 4.42 Å². The fourth-order valence-electron chi connectivity index (χ4n) is 2.23. The minimum Gasteiger partial charge on any atom is -0.463 e. The van der Waals surface area contributed by atoms with Crippen molar-refractivity contribution in [3.05, 3.63) is 59.7 Å². The molecule has 3 rings (SSSR count). The Balaban J connectivity index is 1.69. The largest absolute Gasteiger partial charge is 0.463 e. The van der Waals surface area contributed by atoms with E-state index >= 15 is 0 Å². The van der Waals surface area contributed by atoms with E-state index in [0.29, 0.717) is 16.8 Å². The van der Waals surface area contributed by atoms with Gasteiger partial charge in [-0.1, -0.05) is 12.1 Å². The van der Waals surface area contributed by atoms with Crippen molar-refractivity contribution in [1.29, 1.82) is 0 Å². The van der Waals surface area contributed by atoms with Crippen molar-refractivity contribution in [2.75, 3.05) is 6.54 Å². The highest BCUT2D eigenvalue weighted by Gasteiger charge is 2.24. The smallest absolute Gasteiger partial charge is 0.267 e. The van der Waals surface area contributed by atoms with Crippen molar-refractivity contribution in [1.82, 2.24) is 10.3 Å². The summed E-state index contributed by atoms with van der Waals surface area (Å²) in [7, 11) is 0. The third kappa shape index (κ3) is 2.73. The number of halogens is 1. The van der Waals surface area contributed by atoms with Crippen molar-refractivity contribution in [2.45, 2.75) is 12.5 Å². The quantitative estimate of drug-likeness (QED) is 0.693. The van der Waals surface area contributed by atoms with Gasteiger partial charge in [0, 0.05) is 12.1 Å². The van der Waals surface area contributed by atoms with Gasteiger partial charge in [0.15, 0.2) is 5.58 Å². The number of amides is 1. The first-order valence-corrected chi connectivity index (χ1v) is 6.78. The lowest BCUT2D eigenvalue weighted by molar-refractivity contribution is 0.0524. The van der Waals surface area contributed by atoms with Crippen LogP contribution in [0.25, 0.3) is 11.1 Å². The van der Waals surface area contributed by atoms with Gasteiger partial charge < -0.3 is 19.8 Å². The van der Waals surface area contributed by atoms with Crippen LogP contribution >= 0.6 is 0 Å². The molecule has 2 heterocycles. The molecule has 3 N–H and O–H groups in total. The maximum atomic E-state index is 12.9. The Morgan fingerprint density at radius 3 is 2.77 bits per heavy atom. The van der Waals surface area contributed by atoms with E-state index in [1.54, 1.807) is 19.1 Å². The molecule has 0 aliphatic heterocycles. The Hall–Kier alpha value is -2.60. The first-order valence-electron chi connectivity index (χ1n) is 6.78. The summed E-state index contributed by atoms with van der Waals surface area (Å²) < 4.78 is 18.1. The predicted molar refractivity (Wildman–Crippen MR) is 78.9 cm³/mol. The minimum absolute atomic E-state index is 0.00213. The molecule has 1 aromatic carbocycles. The van der Waals surface area contributed by atoms with Gasteiger partial charge in [0.2, 0.25) is 0 Å². The van der Waals surface area contributed by atoms with E-state index in [1.807, 2.05) is 0 Å². The van der Waals surface area contributed by atoms with Crippen LogP contribution in [-0.4, -0.2) is 22.5 Å². The monoisotopic (exact) mass is 302 g/mol. The SMILES string of the molecule is CC(O)(CNC(=O)c1cc2occc2[nH]1)c1ccc(F)cc1. The van der Waals surface area contributed by atoms with Crippen LogP contribution in [0.5, 0.6) is 0 Å². The molecule has 0 spiro atoms. The summed E-state index contributed by atoms with van der Waals surface area (Å²) in [5.74, 6) is -0.730. The number of carbonyl (C=O) groups is 1.